The lowest BCUT2D eigenvalue weighted by atomic mass is 10.2. The van der Waals surface area contributed by atoms with Crippen molar-refractivity contribution >= 4 is 24.8 Å². The first kappa shape index (κ1) is 16.9. The number of rotatable bonds is 0. The summed E-state index contributed by atoms with van der Waals surface area (Å²) in [6.45, 7) is 4.00. The molecule has 0 fully saturated rings. The molecule has 0 amide bonds. The van der Waals surface area contributed by atoms with Crippen LogP contribution < -0.4 is 10.6 Å². The van der Waals surface area contributed by atoms with Crippen molar-refractivity contribution < 1.29 is 0 Å². The van der Waals surface area contributed by atoms with Gasteiger partial charge in [-0.2, -0.15) is 0 Å². The van der Waals surface area contributed by atoms with Crippen LogP contribution >= 0.6 is 24.8 Å². The van der Waals surface area contributed by atoms with Crippen LogP contribution in [-0.2, 0) is 26.2 Å². The third-order valence-electron chi connectivity index (χ3n) is 3.27. The Labute approximate surface area is 131 Å². The lowest BCUT2D eigenvalue weighted by Crippen LogP contribution is -1.99. The molecule has 0 aromatic carbocycles. The molecular formula is C14H18Cl2N4. The summed E-state index contributed by atoms with van der Waals surface area (Å²) in [7, 11) is 0. The minimum atomic E-state index is 0. The number of halogens is 2. The smallest absolute Gasteiger partial charge is 0.0316 e. The van der Waals surface area contributed by atoms with Crippen LogP contribution in [0.1, 0.15) is 22.3 Å². The molecule has 20 heavy (non-hydrogen) atoms. The van der Waals surface area contributed by atoms with Gasteiger partial charge in [-0.3, -0.25) is 9.97 Å². The molecule has 2 aromatic heterocycles. The van der Waals surface area contributed by atoms with Crippen LogP contribution in [-0.4, -0.2) is 9.97 Å². The normalized spacial score (nSPS) is 14.0. The van der Waals surface area contributed by atoms with Crippen LogP contribution in [0.2, 0.25) is 0 Å². The van der Waals surface area contributed by atoms with E-state index in [2.05, 4.69) is 32.7 Å². The van der Waals surface area contributed by atoms with Crippen LogP contribution in [0.3, 0.4) is 0 Å². The van der Waals surface area contributed by atoms with E-state index < -0.39 is 0 Å². The van der Waals surface area contributed by atoms with E-state index in [1.807, 2.05) is 24.8 Å². The predicted molar refractivity (Wildman–Crippen MR) is 84.1 cm³/mol. The van der Waals surface area contributed by atoms with Gasteiger partial charge in [0.2, 0.25) is 0 Å². The van der Waals surface area contributed by atoms with Gasteiger partial charge in [0, 0.05) is 51.0 Å². The average molecular weight is 313 g/mol. The van der Waals surface area contributed by atoms with Crippen LogP contribution in [0, 0.1) is 0 Å². The van der Waals surface area contributed by atoms with Gasteiger partial charge in [0.05, 0.1) is 0 Å². The minimum absolute atomic E-state index is 0. The highest BCUT2D eigenvalue weighted by atomic mass is 35.5. The van der Waals surface area contributed by atoms with E-state index in [4.69, 9.17) is 0 Å². The molecule has 0 aliphatic carbocycles. The highest BCUT2D eigenvalue weighted by molar-refractivity contribution is 5.85. The summed E-state index contributed by atoms with van der Waals surface area (Å²) in [5, 5.41) is 6.50. The zero-order chi connectivity index (χ0) is 12.2. The molecule has 4 heterocycles. The van der Waals surface area contributed by atoms with E-state index >= 15 is 0 Å². The lowest BCUT2D eigenvalue weighted by Gasteiger charge is -1.90. The van der Waals surface area contributed by atoms with Crippen molar-refractivity contribution in [2.75, 3.05) is 0 Å². The van der Waals surface area contributed by atoms with Gasteiger partial charge in [0.25, 0.3) is 0 Å². The molecule has 0 saturated heterocycles. The summed E-state index contributed by atoms with van der Waals surface area (Å²) >= 11 is 0. The fraction of sp³-hybridized carbons (Fsp3) is 0.286. The van der Waals surface area contributed by atoms with Gasteiger partial charge in [0.1, 0.15) is 0 Å². The maximum Gasteiger partial charge on any atom is 0.0316 e. The Hall–Kier alpha value is -1.20. The zero-order valence-corrected chi connectivity index (χ0v) is 12.6. The number of nitrogens with one attached hydrogen (secondary N) is 2. The molecule has 2 aliphatic rings. The highest BCUT2D eigenvalue weighted by Gasteiger charge is 2.07. The van der Waals surface area contributed by atoms with E-state index in [0.29, 0.717) is 0 Å². The molecule has 4 rings (SSSR count). The van der Waals surface area contributed by atoms with Crippen molar-refractivity contribution in [1.82, 2.24) is 20.6 Å². The summed E-state index contributed by atoms with van der Waals surface area (Å²) in [6, 6.07) is 4.13. The van der Waals surface area contributed by atoms with Gasteiger partial charge in [-0.25, -0.2) is 0 Å². The Morgan fingerprint density at radius 2 is 1.05 bits per heavy atom. The zero-order valence-electron chi connectivity index (χ0n) is 11.0. The van der Waals surface area contributed by atoms with E-state index in [0.717, 1.165) is 26.2 Å². The second kappa shape index (κ2) is 8.17. The van der Waals surface area contributed by atoms with Crippen molar-refractivity contribution in [3.8, 4) is 0 Å². The number of aromatic nitrogens is 2. The van der Waals surface area contributed by atoms with Crippen LogP contribution in [0.4, 0.5) is 0 Å². The van der Waals surface area contributed by atoms with Crippen molar-refractivity contribution in [3.63, 3.8) is 0 Å². The molecule has 2 N–H and O–H groups in total. The Bertz CT molecular complexity index is 453. The number of pyridine rings is 2. The monoisotopic (exact) mass is 312 g/mol. The van der Waals surface area contributed by atoms with Crippen molar-refractivity contribution in [1.29, 1.82) is 0 Å². The number of fused-ring (bicyclic) bond motifs is 2. The largest absolute Gasteiger partial charge is 0.309 e. The second-order valence-electron chi connectivity index (χ2n) is 4.50. The molecule has 0 saturated carbocycles. The summed E-state index contributed by atoms with van der Waals surface area (Å²) in [4.78, 5) is 8.03. The first-order valence-electron chi connectivity index (χ1n) is 6.18. The molecule has 2 aromatic rings. The maximum atomic E-state index is 4.02. The molecule has 0 spiro atoms. The summed E-state index contributed by atoms with van der Waals surface area (Å²) < 4.78 is 0. The number of hydrogen-bond donors (Lipinski definition) is 2. The summed E-state index contributed by atoms with van der Waals surface area (Å²) in [6.07, 6.45) is 7.53. The number of hydrogen-bond acceptors (Lipinski definition) is 4. The van der Waals surface area contributed by atoms with E-state index in [1.165, 1.54) is 22.3 Å². The predicted octanol–water partition coefficient (Wildman–Crippen LogP) is 2.21. The average Bonchev–Trinajstić information content (AvgIpc) is 3.08. The van der Waals surface area contributed by atoms with Crippen LogP contribution in [0.25, 0.3) is 0 Å². The minimum Gasteiger partial charge on any atom is -0.309 e. The first-order valence-corrected chi connectivity index (χ1v) is 6.18. The molecule has 0 radical (unpaired) electrons. The van der Waals surface area contributed by atoms with Crippen LogP contribution in [0.15, 0.2) is 36.9 Å². The summed E-state index contributed by atoms with van der Waals surface area (Å²) in [5.41, 5.74) is 5.48. The maximum absolute atomic E-state index is 4.02. The molecule has 4 nitrogen and oxygen atoms in total. The molecule has 0 bridgehead atoms. The van der Waals surface area contributed by atoms with Gasteiger partial charge in [-0.15, -0.1) is 24.8 Å². The fourth-order valence-corrected chi connectivity index (χ4v) is 2.24. The Morgan fingerprint density at radius 1 is 0.650 bits per heavy atom. The quantitative estimate of drug-likeness (QED) is 0.783. The SMILES string of the molecule is Cl.Cl.c1cc2c(cn1)CNC2.c1cc2c(cn1)CNC2. The number of nitrogens with zero attached hydrogens (tertiary/aromatic N) is 2. The second-order valence-corrected chi connectivity index (χ2v) is 4.50. The molecule has 0 atom stereocenters. The third-order valence-corrected chi connectivity index (χ3v) is 3.27. The Kier molecular flexibility index (Phi) is 6.88. The molecule has 2 aliphatic heterocycles. The van der Waals surface area contributed by atoms with E-state index in [1.54, 1.807) is 0 Å². The van der Waals surface area contributed by atoms with Crippen molar-refractivity contribution in [2.45, 2.75) is 26.2 Å². The Balaban J connectivity index is 0.000000182. The molecule has 108 valence electrons. The topological polar surface area (TPSA) is 49.8 Å². The van der Waals surface area contributed by atoms with Gasteiger partial charge < -0.3 is 10.6 Å². The highest BCUT2D eigenvalue weighted by Crippen LogP contribution is 2.12. The third kappa shape index (κ3) is 3.90. The van der Waals surface area contributed by atoms with Crippen LogP contribution in [0.5, 0.6) is 0 Å². The van der Waals surface area contributed by atoms with Gasteiger partial charge in [0.15, 0.2) is 0 Å². The lowest BCUT2D eigenvalue weighted by molar-refractivity contribution is 0.764. The van der Waals surface area contributed by atoms with E-state index in [9.17, 15) is 0 Å². The van der Waals surface area contributed by atoms with E-state index in [-0.39, 0.29) is 24.8 Å². The molecular weight excluding hydrogens is 295 g/mol. The van der Waals surface area contributed by atoms with Gasteiger partial charge >= 0.3 is 0 Å². The van der Waals surface area contributed by atoms with Crippen molar-refractivity contribution in [3.05, 3.63) is 59.2 Å². The van der Waals surface area contributed by atoms with Gasteiger partial charge in [-0.1, -0.05) is 0 Å². The van der Waals surface area contributed by atoms with Crippen molar-refractivity contribution in [2.24, 2.45) is 0 Å². The molecule has 6 heteroatoms. The standard InChI is InChI=1S/2C7H8N2.2ClH/c2*1-2-8-4-7-5-9-3-6(1)7;;/h2*1-2,4,9H,3,5H2;2*1H. The first-order chi connectivity index (χ1) is 8.93. The summed E-state index contributed by atoms with van der Waals surface area (Å²) in [5.74, 6) is 0. The fourth-order valence-electron chi connectivity index (χ4n) is 2.24. The van der Waals surface area contributed by atoms with Gasteiger partial charge in [-0.05, 0) is 34.4 Å². The molecule has 0 unspecified atom stereocenters. The Morgan fingerprint density at radius 3 is 1.45 bits per heavy atom.